The molecule has 2 atom stereocenters. The van der Waals surface area contributed by atoms with Crippen LogP contribution in [-0.2, 0) is 20.7 Å². The van der Waals surface area contributed by atoms with Crippen LogP contribution >= 0.6 is 0 Å². The molecule has 0 aliphatic rings. The third-order valence-corrected chi connectivity index (χ3v) is 6.62. The van der Waals surface area contributed by atoms with Gasteiger partial charge in [0.25, 0.3) is 0 Å². The van der Waals surface area contributed by atoms with Gasteiger partial charge in [0.15, 0.2) is 0 Å². The van der Waals surface area contributed by atoms with Crippen molar-refractivity contribution in [1.82, 2.24) is 9.55 Å². The van der Waals surface area contributed by atoms with Crippen molar-refractivity contribution in [2.45, 2.75) is 32.7 Å². The molecule has 4 aromatic rings. The van der Waals surface area contributed by atoms with E-state index in [-0.39, 0.29) is 24.4 Å². The second-order valence-corrected chi connectivity index (χ2v) is 8.68. The van der Waals surface area contributed by atoms with E-state index in [0.717, 1.165) is 39.7 Å². The SMILES string of the molecule is CCC(C)C(c1ccc(-c2ccccc2C(=O)OC)cc1)n1cnc2cccc(CC(=O)OC)c21. The van der Waals surface area contributed by atoms with Gasteiger partial charge in [0.1, 0.15) is 0 Å². The number of carbonyl (C=O) groups is 2. The zero-order valence-electron chi connectivity index (χ0n) is 20.5. The molecule has 0 radical (unpaired) electrons. The summed E-state index contributed by atoms with van der Waals surface area (Å²) in [5.41, 5.74) is 6.13. The van der Waals surface area contributed by atoms with Gasteiger partial charge < -0.3 is 14.0 Å². The largest absolute Gasteiger partial charge is 0.469 e. The van der Waals surface area contributed by atoms with Crippen LogP contribution in [0, 0.1) is 5.92 Å². The van der Waals surface area contributed by atoms with Gasteiger partial charge in [-0.1, -0.05) is 74.9 Å². The molecule has 0 amide bonds. The third-order valence-electron chi connectivity index (χ3n) is 6.62. The van der Waals surface area contributed by atoms with Gasteiger partial charge in [0.2, 0.25) is 0 Å². The van der Waals surface area contributed by atoms with Crippen LogP contribution in [0.5, 0.6) is 0 Å². The maximum atomic E-state index is 12.3. The molecule has 0 spiro atoms. The average Bonchev–Trinajstić information content (AvgIpc) is 3.33. The summed E-state index contributed by atoms with van der Waals surface area (Å²) in [4.78, 5) is 29.0. The van der Waals surface area contributed by atoms with Gasteiger partial charge in [0.05, 0.1) is 49.6 Å². The van der Waals surface area contributed by atoms with Crippen molar-refractivity contribution < 1.29 is 19.1 Å². The van der Waals surface area contributed by atoms with E-state index in [4.69, 9.17) is 9.47 Å². The Hall–Kier alpha value is -3.93. The summed E-state index contributed by atoms with van der Waals surface area (Å²) in [6.45, 7) is 4.40. The van der Waals surface area contributed by atoms with Crippen LogP contribution in [-0.4, -0.2) is 35.7 Å². The van der Waals surface area contributed by atoms with E-state index in [2.05, 4.69) is 35.5 Å². The molecule has 4 rings (SSSR count). The van der Waals surface area contributed by atoms with Gasteiger partial charge >= 0.3 is 11.9 Å². The quantitative estimate of drug-likeness (QED) is 0.303. The second kappa shape index (κ2) is 10.6. The van der Waals surface area contributed by atoms with Gasteiger partial charge in [-0.05, 0) is 40.3 Å². The van der Waals surface area contributed by atoms with Crippen molar-refractivity contribution in [3.05, 3.63) is 89.7 Å². The summed E-state index contributed by atoms with van der Waals surface area (Å²) in [6.07, 6.45) is 3.02. The highest BCUT2D eigenvalue weighted by atomic mass is 16.5. The number of carbonyl (C=O) groups excluding carboxylic acids is 2. The monoisotopic (exact) mass is 470 g/mol. The lowest BCUT2D eigenvalue weighted by Crippen LogP contribution is -2.18. The first-order chi connectivity index (χ1) is 17.0. The standard InChI is InChI=1S/C29H30N2O4/c1-5-19(2)27(31-18-30-25-12-8-9-22(28(25)31)17-26(32)34-3)21-15-13-20(14-16-21)23-10-6-7-11-24(23)29(33)35-4/h6-16,18-19,27H,5,17H2,1-4H3. The molecule has 180 valence electrons. The van der Waals surface area contributed by atoms with E-state index in [9.17, 15) is 9.59 Å². The van der Waals surface area contributed by atoms with E-state index >= 15 is 0 Å². The highest BCUT2D eigenvalue weighted by Gasteiger charge is 2.24. The molecular weight excluding hydrogens is 440 g/mol. The van der Waals surface area contributed by atoms with Crippen molar-refractivity contribution >= 4 is 23.0 Å². The lowest BCUT2D eigenvalue weighted by atomic mass is 9.90. The van der Waals surface area contributed by atoms with Crippen LogP contribution in [0.15, 0.2) is 73.1 Å². The fourth-order valence-electron chi connectivity index (χ4n) is 4.61. The zero-order chi connectivity index (χ0) is 24.9. The van der Waals surface area contributed by atoms with Crippen molar-refractivity contribution in [1.29, 1.82) is 0 Å². The van der Waals surface area contributed by atoms with Crippen LogP contribution in [0.2, 0.25) is 0 Å². The Morgan fingerprint density at radius 1 is 0.943 bits per heavy atom. The fourth-order valence-corrected chi connectivity index (χ4v) is 4.61. The highest BCUT2D eigenvalue weighted by molar-refractivity contribution is 5.97. The highest BCUT2D eigenvalue weighted by Crippen LogP contribution is 2.35. The molecule has 0 aliphatic heterocycles. The summed E-state index contributed by atoms with van der Waals surface area (Å²) >= 11 is 0. The minimum atomic E-state index is -0.356. The lowest BCUT2D eigenvalue weighted by molar-refractivity contribution is -0.139. The molecule has 6 heteroatoms. The van der Waals surface area contributed by atoms with E-state index in [1.54, 1.807) is 6.07 Å². The smallest absolute Gasteiger partial charge is 0.338 e. The van der Waals surface area contributed by atoms with Crippen LogP contribution in [0.1, 0.15) is 47.8 Å². The van der Waals surface area contributed by atoms with Gasteiger partial charge in [-0.2, -0.15) is 0 Å². The minimum absolute atomic E-state index is 0.0219. The number of fused-ring (bicyclic) bond motifs is 1. The summed E-state index contributed by atoms with van der Waals surface area (Å²) in [5.74, 6) is -0.323. The molecule has 1 heterocycles. The number of aromatic nitrogens is 2. The number of nitrogens with zero attached hydrogens (tertiary/aromatic N) is 2. The van der Waals surface area contributed by atoms with Crippen molar-refractivity contribution in [2.24, 2.45) is 5.92 Å². The Morgan fingerprint density at radius 3 is 2.37 bits per heavy atom. The Labute approximate surface area is 205 Å². The fraction of sp³-hybridized carbons (Fsp3) is 0.276. The number of para-hydroxylation sites is 1. The Balaban J connectivity index is 1.79. The molecular formula is C29H30N2O4. The number of esters is 2. The van der Waals surface area contributed by atoms with Crippen LogP contribution in [0.3, 0.4) is 0 Å². The summed E-state index contributed by atoms with van der Waals surface area (Å²) in [7, 11) is 2.80. The first kappa shape index (κ1) is 24.2. The van der Waals surface area contributed by atoms with Crippen LogP contribution < -0.4 is 0 Å². The van der Waals surface area contributed by atoms with Crippen LogP contribution in [0.4, 0.5) is 0 Å². The normalized spacial score (nSPS) is 12.8. The molecule has 6 nitrogen and oxygen atoms in total. The molecule has 0 N–H and O–H groups in total. The van der Waals surface area contributed by atoms with E-state index in [0.29, 0.717) is 11.5 Å². The summed E-state index contributed by atoms with van der Waals surface area (Å²) in [5, 5.41) is 0. The number of benzene rings is 3. The first-order valence-electron chi connectivity index (χ1n) is 11.8. The van der Waals surface area contributed by atoms with E-state index < -0.39 is 0 Å². The number of hydrogen-bond acceptors (Lipinski definition) is 5. The van der Waals surface area contributed by atoms with Crippen molar-refractivity contribution in [3.63, 3.8) is 0 Å². The van der Waals surface area contributed by atoms with Gasteiger partial charge in [-0.25, -0.2) is 9.78 Å². The molecule has 0 saturated carbocycles. The third kappa shape index (κ3) is 4.83. The predicted octanol–water partition coefficient (Wildman–Crippen LogP) is 5.84. The minimum Gasteiger partial charge on any atom is -0.469 e. The second-order valence-electron chi connectivity index (χ2n) is 8.68. The molecule has 35 heavy (non-hydrogen) atoms. The number of rotatable bonds is 8. The van der Waals surface area contributed by atoms with Gasteiger partial charge in [-0.15, -0.1) is 0 Å². The summed E-state index contributed by atoms with van der Waals surface area (Å²) in [6, 6.07) is 21.6. The molecule has 0 aliphatic carbocycles. The first-order valence-corrected chi connectivity index (χ1v) is 11.8. The van der Waals surface area contributed by atoms with E-state index in [1.807, 2.05) is 54.9 Å². The maximum absolute atomic E-state index is 12.3. The van der Waals surface area contributed by atoms with Crippen LogP contribution in [0.25, 0.3) is 22.2 Å². The Morgan fingerprint density at radius 2 is 1.69 bits per heavy atom. The van der Waals surface area contributed by atoms with Gasteiger partial charge in [-0.3, -0.25) is 4.79 Å². The number of imidazole rings is 1. The Bertz CT molecular complexity index is 1340. The maximum Gasteiger partial charge on any atom is 0.338 e. The van der Waals surface area contributed by atoms with Crippen molar-refractivity contribution in [2.75, 3.05) is 14.2 Å². The zero-order valence-corrected chi connectivity index (χ0v) is 20.5. The summed E-state index contributed by atoms with van der Waals surface area (Å²) < 4.78 is 12.1. The Kier molecular flexibility index (Phi) is 7.30. The van der Waals surface area contributed by atoms with Crippen molar-refractivity contribution in [3.8, 4) is 11.1 Å². The molecule has 0 fully saturated rings. The molecule has 0 saturated heterocycles. The lowest BCUT2D eigenvalue weighted by Gasteiger charge is -2.27. The number of hydrogen-bond donors (Lipinski definition) is 0. The molecule has 0 bridgehead atoms. The molecule has 1 aromatic heterocycles. The topological polar surface area (TPSA) is 70.4 Å². The number of methoxy groups -OCH3 is 2. The van der Waals surface area contributed by atoms with E-state index in [1.165, 1.54) is 14.2 Å². The number of ether oxygens (including phenoxy) is 2. The average molecular weight is 471 g/mol. The predicted molar refractivity (Wildman–Crippen MR) is 136 cm³/mol. The molecule has 3 aromatic carbocycles. The van der Waals surface area contributed by atoms with Gasteiger partial charge in [0, 0.05) is 0 Å². The molecule has 2 unspecified atom stereocenters.